The number of nitrogens with zero attached hydrogens (tertiary/aromatic N) is 1. The Morgan fingerprint density at radius 3 is 2.62 bits per heavy atom. The lowest BCUT2D eigenvalue weighted by molar-refractivity contribution is -0.120. The Balaban J connectivity index is 1.73. The number of hydrogen-bond donors (Lipinski definition) is 3. The van der Waals surface area contributed by atoms with Crippen molar-refractivity contribution in [1.29, 1.82) is 0 Å². The number of carbonyl (C=O) groups is 1. The molecule has 0 aliphatic rings. The maximum absolute atomic E-state index is 13.2. The van der Waals surface area contributed by atoms with Crippen LogP contribution in [0.3, 0.4) is 0 Å². The van der Waals surface area contributed by atoms with Crippen LogP contribution in [0.5, 0.6) is 5.75 Å². The number of hydrogen-bond acceptors (Lipinski definition) is 3. The molecule has 0 saturated carbocycles. The van der Waals surface area contributed by atoms with Gasteiger partial charge in [0.2, 0.25) is 5.91 Å². The molecule has 0 aromatic heterocycles. The van der Waals surface area contributed by atoms with Gasteiger partial charge < -0.3 is 20.7 Å². The fraction of sp³-hybridized carbons (Fsp3) is 0.364. The summed E-state index contributed by atoms with van der Waals surface area (Å²) in [6, 6.07) is 12.2. The van der Waals surface area contributed by atoms with Gasteiger partial charge in [-0.05, 0) is 43.2 Å². The van der Waals surface area contributed by atoms with E-state index in [0.717, 1.165) is 16.9 Å². The summed E-state index contributed by atoms with van der Waals surface area (Å²) in [5.41, 5.74) is 2.84. The quantitative estimate of drug-likeness (QED) is 0.344. The van der Waals surface area contributed by atoms with Gasteiger partial charge in [0.25, 0.3) is 0 Å². The SMILES string of the molecule is CCOc1cc(C)ccc1CNC(=NC)NCCNC(=O)Cc1cccc(F)c1. The smallest absolute Gasteiger partial charge is 0.224 e. The molecule has 1 amide bonds. The monoisotopic (exact) mass is 400 g/mol. The molecular weight excluding hydrogens is 371 g/mol. The van der Waals surface area contributed by atoms with Crippen molar-refractivity contribution in [1.82, 2.24) is 16.0 Å². The van der Waals surface area contributed by atoms with Crippen LogP contribution in [0.25, 0.3) is 0 Å². The number of benzene rings is 2. The first kappa shape index (κ1) is 22.2. The van der Waals surface area contributed by atoms with Crippen LogP contribution in [0.4, 0.5) is 4.39 Å². The second kappa shape index (κ2) is 11.7. The molecule has 0 spiro atoms. The molecule has 2 aromatic rings. The molecule has 0 radical (unpaired) electrons. The average Bonchev–Trinajstić information content (AvgIpc) is 2.69. The molecule has 2 aromatic carbocycles. The van der Waals surface area contributed by atoms with E-state index in [4.69, 9.17) is 4.74 Å². The molecule has 0 aliphatic carbocycles. The number of carbonyl (C=O) groups excluding carboxylic acids is 1. The van der Waals surface area contributed by atoms with Crippen LogP contribution < -0.4 is 20.7 Å². The van der Waals surface area contributed by atoms with E-state index in [0.29, 0.717) is 37.8 Å². The van der Waals surface area contributed by atoms with Gasteiger partial charge in [0.1, 0.15) is 11.6 Å². The summed E-state index contributed by atoms with van der Waals surface area (Å²) in [7, 11) is 1.69. The highest BCUT2D eigenvalue weighted by Crippen LogP contribution is 2.20. The predicted molar refractivity (Wildman–Crippen MR) is 114 cm³/mol. The Morgan fingerprint density at radius 2 is 1.90 bits per heavy atom. The number of aryl methyl sites for hydroxylation is 1. The summed E-state index contributed by atoms with van der Waals surface area (Å²) in [5.74, 6) is 1.00. The first-order valence-electron chi connectivity index (χ1n) is 9.69. The molecule has 0 heterocycles. The fourth-order valence-corrected chi connectivity index (χ4v) is 2.77. The van der Waals surface area contributed by atoms with E-state index in [2.05, 4.69) is 20.9 Å². The summed E-state index contributed by atoms with van der Waals surface area (Å²) in [6.45, 7) is 6.12. The molecule has 156 valence electrons. The van der Waals surface area contributed by atoms with Crippen molar-refractivity contribution >= 4 is 11.9 Å². The molecule has 0 fully saturated rings. The highest BCUT2D eigenvalue weighted by molar-refractivity contribution is 5.80. The lowest BCUT2D eigenvalue weighted by atomic mass is 10.1. The summed E-state index contributed by atoms with van der Waals surface area (Å²) >= 11 is 0. The zero-order valence-corrected chi connectivity index (χ0v) is 17.2. The van der Waals surface area contributed by atoms with E-state index in [9.17, 15) is 9.18 Å². The Bertz CT molecular complexity index is 839. The van der Waals surface area contributed by atoms with E-state index in [1.54, 1.807) is 19.2 Å². The van der Waals surface area contributed by atoms with Gasteiger partial charge in [0, 0.05) is 32.2 Å². The van der Waals surface area contributed by atoms with Gasteiger partial charge in [0.15, 0.2) is 5.96 Å². The number of amides is 1. The van der Waals surface area contributed by atoms with Crippen LogP contribution in [0, 0.1) is 12.7 Å². The molecule has 0 saturated heterocycles. The standard InChI is InChI=1S/C22H29FN4O2/c1-4-29-20-12-16(2)8-9-18(20)15-27-22(24-3)26-11-10-25-21(28)14-17-6-5-7-19(23)13-17/h5-9,12-13H,4,10-11,14-15H2,1-3H3,(H,25,28)(H2,24,26,27). The normalized spacial score (nSPS) is 11.1. The van der Waals surface area contributed by atoms with E-state index in [-0.39, 0.29) is 18.1 Å². The van der Waals surface area contributed by atoms with Crippen molar-refractivity contribution in [2.45, 2.75) is 26.8 Å². The second-order valence-corrected chi connectivity index (χ2v) is 6.55. The largest absolute Gasteiger partial charge is 0.494 e. The van der Waals surface area contributed by atoms with Crippen molar-refractivity contribution in [3.05, 3.63) is 65.0 Å². The average molecular weight is 400 g/mol. The first-order chi connectivity index (χ1) is 14.0. The van der Waals surface area contributed by atoms with Gasteiger partial charge in [-0.3, -0.25) is 9.79 Å². The van der Waals surface area contributed by atoms with Crippen LogP contribution in [0.1, 0.15) is 23.6 Å². The summed E-state index contributed by atoms with van der Waals surface area (Å²) < 4.78 is 18.9. The Kier molecular flexibility index (Phi) is 8.95. The molecule has 0 bridgehead atoms. The molecule has 0 atom stereocenters. The Hall–Kier alpha value is -3.09. The van der Waals surface area contributed by atoms with Crippen LogP contribution in [-0.2, 0) is 17.8 Å². The minimum Gasteiger partial charge on any atom is -0.494 e. The predicted octanol–water partition coefficient (Wildman–Crippen LogP) is 2.56. The lowest BCUT2D eigenvalue weighted by Crippen LogP contribution is -2.41. The highest BCUT2D eigenvalue weighted by Gasteiger charge is 2.06. The second-order valence-electron chi connectivity index (χ2n) is 6.55. The number of guanidine groups is 1. The zero-order valence-electron chi connectivity index (χ0n) is 17.2. The van der Waals surface area contributed by atoms with Crippen molar-refractivity contribution in [2.24, 2.45) is 4.99 Å². The van der Waals surface area contributed by atoms with Gasteiger partial charge in [-0.2, -0.15) is 0 Å². The highest BCUT2D eigenvalue weighted by atomic mass is 19.1. The van der Waals surface area contributed by atoms with E-state index >= 15 is 0 Å². The van der Waals surface area contributed by atoms with Crippen molar-refractivity contribution < 1.29 is 13.9 Å². The maximum atomic E-state index is 13.2. The van der Waals surface area contributed by atoms with Gasteiger partial charge in [-0.25, -0.2) is 4.39 Å². The summed E-state index contributed by atoms with van der Waals surface area (Å²) in [4.78, 5) is 16.1. The Labute approximate surface area is 171 Å². The van der Waals surface area contributed by atoms with Gasteiger partial charge >= 0.3 is 0 Å². The van der Waals surface area contributed by atoms with Crippen LogP contribution in [-0.4, -0.2) is 38.6 Å². The number of rotatable bonds is 9. The van der Waals surface area contributed by atoms with E-state index < -0.39 is 0 Å². The third kappa shape index (κ3) is 7.81. The van der Waals surface area contributed by atoms with Gasteiger partial charge in [-0.15, -0.1) is 0 Å². The zero-order chi connectivity index (χ0) is 21.1. The molecule has 2 rings (SSSR count). The van der Waals surface area contributed by atoms with Gasteiger partial charge in [-0.1, -0.05) is 24.3 Å². The fourth-order valence-electron chi connectivity index (χ4n) is 2.77. The third-order valence-electron chi connectivity index (χ3n) is 4.19. The van der Waals surface area contributed by atoms with Crippen molar-refractivity contribution in [3.8, 4) is 5.75 Å². The number of nitrogens with one attached hydrogen (secondary N) is 3. The van der Waals surface area contributed by atoms with E-state index in [1.165, 1.54) is 12.1 Å². The number of aliphatic imine (C=N–C) groups is 1. The topological polar surface area (TPSA) is 74.8 Å². The molecule has 29 heavy (non-hydrogen) atoms. The molecule has 3 N–H and O–H groups in total. The molecule has 6 nitrogen and oxygen atoms in total. The Morgan fingerprint density at radius 1 is 1.10 bits per heavy atom. The molecular formula is C22H29FN4O2. The van der Waals surface area contributed by atoms with Crippen molar-refractivity contribution in [3.63, 3.8) is 0 Å². The van der Waals surface area contributed by atoms with E-state index in [1.807, 2.05) is 32.0 Å². The van der Waals surface area contributed by atoms with Crippen LogP contribution in [0.2, 0.25) is 0 Å². The van der Waals surface area contributed by atoms with Crippen LogP contribution >= 0.6 is 0 Å². The lowest BCUT2D eigenvalue weighted by Gasteiger charge is -2.15. The van der Waals surface area contributed by atoms with Crippen molar-refractivity contribution in [2.75, 3.05) is 26.7 Å². The minimum absolute atomic E-state index is 0.151. The summed E-state index contributed by atoms with van der Waals surface area (Å²) in [5, 5.41) is 9.21. The summed E-state index contributed by atoms with van der Waals surface area (Å²) in [6.07, 6.45) is 0.151. The number of halogens is 1. The third-order valence-corrected chi connectivity index (χ3v) is 4.19. The van der Waals surface area contributed by atoms with Gasteiger partial charge in [0.05, 0.1) is 13.0 Å². The molecule has 0 unspecified atom stereocenters. The maximum Gasteiger partial charge on any atom is 0.224 e. The molecule has 7 heteroatoms. The minimum atomic E-state index is -0.340. The molecule has 0 aliphatic heterocycles. The number of ether oxygens (including phenoxy) is 1. The first-order valence-corrected chi connectivity index (χ1v) is 9.69. The van der Waals surface area contributed by atoms with Crippen LogP contribution in [0.15, 0.2) is 47.5 Å².